The van der Waals surface area contributed by atoms with Gasteiger partial charge in [0.25, 0.3) is 0 Å². The van der Waals surface area contributed by atoms with Crippen LogP contribution < -0.4 is 4.72 Å². The number of halogens is 1. The number of thiophene rings is 1. The molecule has 2 rings (SSSR count). The van der Waals surface area contributed by atoms with E-state index in [1.54, 1.807) is 13.0 Å². The number of nitrogens with zero attached hydrogens (tertiary/aromatic N) is 1. The second kappa shape index (κ2) is 5.52. The lowest BCUT2D eigenvalue weighted by molar-refractivity contribution is 0.392. The highest BCUT2D eigenvalue weighted by Crippen LogP contribution is 2.22. The molecule has 2 aromatic rings. The molecule has 1 N–H and O–H groups in total. The van der Waals surface area contributed by atoms with Gasteiger partial charge >= 0.3 is 0 Å². The summed E-state index contributed by atoms with van der Waals surface area (Å²) in [5, 5.41) is 5.56. The van der Waals surface area contributed by atoms with Gasteiger partial charge in [-0.15, -0.1) is 11.3 Å². The summed E-state index contributed by atoms with van der Waals surface area (Å²) in [6, 6.07) is 3.50. The molecular formula is C10H11BrN2O3S2. The van der Waals surface area contributed by atoms with Crippen molar-refractivity contribution in [3.8, 4) is 0 Å². The molecule has 0 aliphatic rings. The Morgan fingerprint density at radius 1 is 1.56 bits per heavy atom. The van der Waals surface area contributed by atoms with Crippen molar-refractivity contribution in [2.24, 2.45) is 0 Å². The van der Waals surface area contributed by atoms with Gasteiger partial charge in [-0.05, 0) is 34.3 Å². The van der Waals surface area contributed by atoms with Crippen LogP contribution in [0.25, 0.3) is 0 Å². The first-order chi connectivity index (χ1) is 8.46. The van der Waals surface area contributed by atoms with Gasteiger partial charge in [0.2, 0.25) is 10.0 Å². The maximum Gasteiger partial charge on any atom is 0.217 e. The molecule has 0 amide bonds. The molecule has 0 saturated carbocycles. The summed E-state index contributed by atoms with van der Waals surface area (Å²) in [6.07, 6.45) is 0. The van der Waals surface area contributed by atoms with Gasteiger partial charge in [-0.25, -0.2) is 13.1 Å². The van der Waals surface area contributed by atoms with E-state index in [-0.39, 0.29) is 12.3 Å². The third-order valence-corrected chi connectivity index (χ3v) is 5.34. The molecule has 0 atom stereocenters. The Morgan fingerprint density at radius 3 is 2.89 bits per heavy atom. The average molecular weight is 351 g/mol. The Morgan fingerprint density at radius 2 is 2.33 bits per heavy atom. The maximum absolute atomic E-state index is 11.8. The molecule has 0 unspecified atom stereocenters. The zero-order chi connectivity index (χ0) is 13.2. The summed E-state index contributed by atoms with van der Waals surface area (Å²) in [4.78, 5) is 0.940. The Balaban J connectivity index is 1.98. The molecule has 98 valence electrons. The third kappa shape index (κ3) is 3.64. The first-order valence-corrected chi connectivity index (χ1v) is 8.40. The van der Waals surface area contributed by atoms with Crippen LogP contribution >= 0.6 is 27.3 Å². The van der Waals surface area contributed by atoms with Crippen LogP contribution in [-0.2, 0) is 22.3 Å². The standard InChI is InChI=1S/C10H11BrN2O3S2/c1-7-4-8(13-16-7)6-18(14,15)12-5-10-9(11)2-3-17-10/h2-4,12H,5-6H2,1H3. The van der Waals surface area contributed by atoms with Crippen LogP contribution in [0.5, 0.6) is 0 Å². The second-order valence-electron chi connectivity index (χ2n) is 3.70. The lowest BCUT2D eigenvalue weighted by Crippen LogP contribution is -2.24. The van der Waals surface area contributed by atoms with Crippen molar-refractivity contribution < 1.29 is 12.9 Å². The van der Waals surface area contributed by atoms with Crippen molar-refractivity contribution in [2.75, 3.05) is 0 Å². The van der Waals surface area contributed by atoms with Gasteiger partial charge in [0, 0.05) is 22.0 Å². The Labute approximate surface area is 117 Å². The van der Waals surface area contributed by atoms with Crippen LogP contribution in [0.3, 0.4) is 0 Å². The van der Waals surface area contributed by atoms with E-state index in [2.05, 4.69) is 25.8 Å². The van der Waals surface area contributed by atoms with Crippen molar-refractivity contribution in [1.82, 2.24) is 9.88 Å². The van der Waals surface area contributed by atoms with E-state index in [0.717, 1.165) is 9.35 Å². The minimum atomic E-state index is -3.40. The number of sulfonamides is 1. The predicted octanol–water partition coefficient (Wildman–Crippen LogP) is 2.43. The fourth-order valence-electron chi connectivity index (χ4n) is 1.36. The van der Waals surface area contributed by atoms with Crippen LogP contribution in [0.4, 0.5) is 0 Å². The van der Waals surface area contributed by atoms with E-state index in [1.807, 2.05) is 11.4 Å². The van der Waals surface area contributed by atoms with Gasteiger partial charge in [0.1, 0.15) is 17.2 Å². The molecule has 8 heteroatoms. The van der Waals surface area contributed by atoms with Gasteiger partial charge in [-0.1, -0.05) is 5.16 Å². The molecule has 0 fully saturated rings. The molecule has 0 aliphatic carbocycles. The fraction of sp³-hybridized carbons (Fsp3) is 0.300. The van der Waals surface area contributed by atoms with Crippen LogP contribution in [-0.4, -0.2) is 13.6 Å². The van der Waals surface area contributed by atoms with Crippen molar-refractivity contribution >= 4 is 37.3 Å². The molecule has 0 radical (unpaired) electrons. The quantitative estimate of drug-likeness (QED) is 0.898. The van der Waals surface area contributed by atoms with Crippen LogP contribution in [0, 0.1) is 6.92 Å². The van der Waals surface area contributed by atoms with E-state index < -0.39 is 10.0 Å². The van der Waals surface area contributed by atoms with Crippen molar-refractivity contribution in [1.29, 1.82) is 0 Å². The average Bonchev–Trinajstić information content (AvgIpc) is 2.85. The Hall–Kier alpha value is -0.700. The maximum atomic E-state index is 11.8. The molecule has 18 heavy (non-hydrogen) atoms. The first-order valence-electron chi connectivity index (χ1n) is 5.08. The van der Waals surface area contributed by atoms with E-state index in [9.17, 15) is 8.42 Å². The normalized spacial score (nSPS) is 11.9. The molecule has 0 spiro atoms. The SMILES string of the molecule is Cc1cc(CS(=O)(=O)NCc2sccc2Br)no1. The summed E-state index contributed by atoms with van der Waals surface area (Å²) < 4.78 is 31.9. The van der Waals surface area contributed by atoms with Gasteiger partial charge in [0.15, 0.2) is 0 Å². The summed E-state index contributed by atoms with van der Waals surface area (Å²) in [5.74, 6) is 0.425. The van der Waals surface area contributed by atoms with E-state index in [0.29, 0.717) is 11.5 Å². The van der Waals surface area contributed by atoms with Gasteiger partial charge in [0.05, 0.1) is 0 Å². The summed E-state index contributed by atoms with van der Waals surface area (Å²) in [7, 11) is -3.40. The van der Waals surface area contributed by atoms with E-state index >= 15 is 0 Å². The van der Waals surface area contributed by atoms with Crippen molar-refractivity contribution in [3.05, 3.63) is 38.3 Å². The highest BCUT2D eigenvalue weighted by Gasteiger charge is 2.15. The highest BCUT2D eigenvalue weighted by molar-refractivity contribution is 9.10. The largest absolute Gasteiger partial charge is 0.361 e. The lowest BCUT2D eigenvalue weighted by Gasteiger charge is -2.03. The van der Waals surface area contributed by atoms with Gasteiger partial charge in [-0.2, -0.15) is 0 Å². The zero-order valence-corrected chi connectivity index (χ0v) is 12.7. The topological polar surface area (TPSA) is 72.2 Å². The van der Waals surface area contributed by atoms with Crippen LogP contribution in [0.1, 0.15) is 16.3 Å². The zero-order valence-electron chi connectivity index (χ0n) is 9.51. The molecule has 0 aliphatic heterocycles. The summed E-state index contributed by atoms with van der Waals surface area (Å²) in [5.41, 5.74) is 0.408. The highest BCUT2D eigenvalue weighted by atomic mass is 79.9. The predicted molar refractivity (Wildman–Crippen MR) is 72.7 cm³/mol. The fourth-order valence-corrected chi connectivity index (χ4v) is 3.87. The molecule has 0 saturated heterocycles. The minimum Gasteiger partial charge on any atom is -0.361 e. The molecule has 5 nitrogen and oxygen atoms in total. The second-order valence-corrected chi connectivity index (χ2v) is 7.36. The molecular weight excluding hydrogens is 340 g/mol. The van der Waals surface area contributed by atoms with E-state index in [4.69, 9.17) is 4.52 Å². The molecule has 2 aromatic heterocycles. The Bertz CT molecular complexity index is 633. The Kier molecular flexibility index (Phi) is 4.21. The van der Waals surface area contributed by atoms with Gasteiger partial charge < -0.3 is 4.52 Å². The van der Waals surface area contributed by atoms with Crippen molar-refractivity contribution in [2.45, 2.75) is 19.2 Å². The molecule has 2 heterocycles. The number of hydrogen-bond donors (Lipinski definition) is 1. The molecule has 0 aromatic carbocycles. The first kappa shape index (κ1) is 13.7. The monoisotopic (exact) mass is 350 g/mol. The van der Waals surface area contributed by atoms with E-state index in [1.165, 1.54) is 11.3 Å². The van der Waals surface area contributed by atoms with Crippen molar-refractivity contribution in [3.63, 3.8) is 0 Å². The lowest BCUT2D eigenvalue weighted by atomic mass is 10.4. The number of rotatable bonds is 5. The molecule has 0 bridgehead atoms. The number of hydrogen-bond acceptors (Lipinski definition) is 5. The third-order valence-electron chi connectivity index (χ3n) is 2.16. The smallest absolute Gasteiger partial charge is 0.217 e. The van der Waals surface area contributed by atoms with Crippen LogP contribution in [0.15, 0.2) is 26.5 Å². The summed E-state index contributed by atoms with van der Waals surface area (Å²) in [6.45, 7) is 2.00. The van der Waals surface area contributed by atoms with Crippen LogP contribution in [0.2, 0.25) is 0 Å². The number of aromatic nitrogens is 1. The number of nitrogens with one attached hydrogen (secondary N) is 1. The number of aryl methyl sites for hydroxylation is 1. The summed E-state index contributed by atoms with van der Waals surface area (Å²) >= 11 is 4.85. The van der Waals surface area contributed by atoms with Gasteiger partial charge in [-0.3, -0.25) is 0 Å². The minimum absolute atomic E-state index is 0.173.